The van der Waals surface area contributed by atoms with Crippen LogP contribution in [-0.4, -0.2) is 87.4 Å². The van der Waals surface area contributed by atoms with Gasteiger partial charge in [0.1, 0.15) is 17.7 Å². The second kappa shape index (κ2) is 17.6. The molecule has 1 aromatic carbocycles. The Labute approximate surface area is 284 Å². The van der Waals surface area contributed by atoms with Gasteiger partial charge >= 0.3 is 5.97 Å². The molecule has 2 aliphatic heterocycles. The first kappa shape index (κ1) is 37.1. The number of likely N-dealkylation sites (N-methyl/N-ethyl adjacent to an activating group) is 1. The maximum Gasteiger partial charge on any atom is 0.309 e. The Balaban J connectivity index is 1.60. The molecular formula is C37H58N5O4P. The highest BCUT2D eigenvalue weighted by molar-refractivity contribution is 7.28. The average molecular weight is 668 g/mol. The van der Waals surface area contributed by atoms with Gasteiger partial charge in [-0.2, -0.15) is 0 Å². The number of fused-ring (bicyclic) bond motifs is 1. The first-order valence-corrected chi connectivity index (χ1v) is 18.2. The number of piperazine rings is 1. The predicted molar refractivity (Wildman–Crippen MR) is 194 cm³/mol. The van der Waals surface area contributed by atoms with E-state index in [1.54, 1.807) is 0 Å². The zero-order chi connectivity index (χ0) is 34.1. The molecule has 0 aliphatic carbocycles. The van der Waals surface area contributed by atoms with Crippen LogP contribution in [-0.2, 0) is 20.8 Å². The number of aliphatic hydroxyl groups excluding tert-OH is 1. The summed E-state index contributed by atoms with van der Waals surface area (Å²) in [6.45, 7) is 19.5. The normalized spacial score (nSPS) is 26.1. The van der Waals surface area contributed by atoms with Crippen LogP contribution in [0.5, 0.6) is 0 Å². The van der Waals surface area contributed by atoms with Gasteiger partial charge in [0.05, 0.1) is 18.0 Å². The number of ether oxygens (including phenoxy) is 2. The number of rotatable bonds is 11. The molecule has 4 rings (SSSR count). The van der Waals surface area contributed by atoms with Crippen molar-refractivity contribution in [1.29, 1.82) is 0 Å². The van der Waals surface area contributed by atoms with Gasteiger partial charge in [-0.05, 0) is 87.4 Å². The summed E-state index contributed by atoms with van der Waals surface area (Å²) in [5, 5.41) is 20.8. The minimum Gasteiger partial charge on any atom is -0.472 e. The molecule has 2 aliphatic rings. The number of cyclic esters (lactones) is 1. The van der Waals surface area contributed by atoms with Gasteiger partial charge in [0.2, 0.25) is 0 Å². The zero-order valence-electron chi connectivity index (χ0n) is 29.5. The predicted octanol–water partition coefficient (Wildman–Crippen LogP) is 5.94. The van der Waals surface area contributed by atoms with Crippen LogP contribution in [0.1, 0.15) is 85.1 Å². The molecule has 1 fully saturated rings. The Morgan fingerprint density at radius 3 is 2.53 bits per heavy atom. The van der Waals surface area contributed by atoms with Crippen LogP contribution in [0.3, 0.4) is 0 Å². The lowest BCUT2D eigenvalue weighted by atomic mass is 9.91. The van der Waals surface area contributed by atoms with E-state index in [-0.39, 0.29) is 30.3 Å². The number of benzene rings is 1. The van der Waals surface area contributed by atoms with E-state index in [1.165, 1.54) is 12.8 Å². The van der Waals surface area contributed by atoms with Gasteiger partial charge in [0.25, 0.3) is 0 Å². The molecule has 0 bridgehead atoms. The quantitative estimate of drug-likeness (QED) is 0.136. The summed E-state index contributed by atoms with van der Waals surface area (Å²) >= 11 is 0. The van der Waals surface area contributed by atoms with Crippen molar-refractivity contribution >= 4 is 37.6 Å². The lowest BCUT2D eigenvalue weighted by Gasteiger charge is -2.36. The maximum absolute atomic E-state index is 13.1. The maximum atomic E-state index is 13.1. The second-order valence-electron chi connectivity index (χ2n) is 13.9. The second-order valence-corrected chi connectivity index (χ2v) is 14.5. The number of nitrogens with zero attached hydrogens (tertiary/aromatic N) is 5. The average Bonchev–Trinajstić information content (AvgIpc) is 3.43. The smallest absolute Gasteiger partial charge is 0.309 e. The van der Waals surface area contributed by atoms with Crippen LogP contribution in [0.2, 0.25) is 0 Å². The summed E-state index contributed by atoms with van der Waals surface area (Å²) in [6, 6.07) is 4.22. The largest absolute Gasteiger partial charge is 0.472 e. The molecule has 10 heteroatoms. The van der Waals surface area contributed by atoms with Crippen molar-refractivity contribution in [2.75, 3.05) is 33.2 Å². The van der Waals surface area contributed by atoms with Gasteiger partial charge in [-0.1, -0.05) is 57.9 Å². The Morgan fingerprint density at radius 2 is 1.85 bits per heavy atom. The summed E-state index contributed by atoms with van der Waals surface area (Å²) in [7, 11) is 4.94. The molecule has 3 heterocycles. The van der Waals surface area contributed by atoms with Crippen molar-refractivity contribution in [1.82, 2.24) is 24.8 Å². The number of hydrogen-bond acceptors (Lipinski definition) is 8. The van der Waals surface area contributed by atoms with Crippen molar-refractivity contribution in [3.63, 3.8) is 0 Å². The first-order chi connectivity index (χ1) is 22.5. The molecule has 47 heavy (non-hydrogen) atoms. The third kappa shape index (κ3) is 10.4. The molecule has 0 spiro atoms. The monoisotopic (exact) mass is 667 g/mol. The topological polar surface area (TPSA) is 93.0 Å². The van der Waals surface area contributed by atoms with Gasteiger partial charge in [-0.15, -0.1) is 14.3 Å². The number of carbonyl (C=O) groups is 1. The zero-order valence-corrected chi connectivity index (χ0v) is 30.7. The highest BCUT2D eigenvalue weighted by atomic mass is 31.0. The molecule has 4 unspecified atom stereocenters. The third-order valence-corrected chi connectivity index (χ3v) is 10.2. The molecule has 1 saturated heterocycles. The molecular weight excluding hydrogens is 609 g/mol. The molecule has 0 amide bonds. The summed E-state index contributed by atoms with van der Waals surface area (Å²) in [6.07, 6.45) is 10.6. The molecule has 2 aromatic rings. The lowest BCUT2D eigenvalue weighted by Crippen LogP contribution is -2.44. The van der Waals surface area contributed by atoms with Crippen molar-refractivity contribution in [3.05, 3.63) is 47.9 Å². The molecule has 0 radical (unpaired) electrons. The number of hydrogen-bond donors (Lipinski definition) is 1. The standard InChI is InChI=1S/C37H58N5O4P/c1-8-10-29(11-9-2)24-42-32-21-30(22-34(47)36(32)38-39-42)20-27(5)37-26(4)13-15-33(25(3)12-14-31(43)23-35(44)46-37)45-28(6)41-18-16-40(7)17-19-41/h13,15,20-22,25-26,29,31,33,37,43H,6,8-12,14,16-19,23-24,47H2,1-5,7H3/b15-13+,27-20+/t25?,26?,31?,33-,37-/m0/s1. The van der Waals surface area contributed by atoms with Crippen LogP contribution < -0.4 is 5.30 Å². The fourth-order valence-electron chi connectivity index (χ4n) is 6.80. The van der Waals surface area contributed by atoms with Crippen molar-refractivity contribution in [2.24, 2.45) is 17.8 Å². The number of aromatic nitrogens is 3. The minimum absolute atomic E-state index is 0.0320. The molecule has 1 aromatic heterocycles. The van der Waals surface area contributed by atoms with Crippen LogP contribution in [0.4, 0.5) is 0 Å². The summed E-state index contributed by atoms with van der Waals surface area (Å²) in [5.74, 6) is 0.867. The van der Waals surface area contributed by atoms with Gasteiger partial charge in [-0.3, -0.25) is 4.79 Å². The Kier molecular flexibility index (Phi) is 13.9. The Hall–Kier alpha value is -2.74. The van der Waals surface area contributed by atoms with E-state index >= 15 is 0 Å². The Morgan fingerprint density at radius 1 is 1.15 bits per heavy atom. The van der Waals surface area contributed by atoms with Gasteiger partial charge in [0, 0.05) is 43.9 Å². The SMILES string of the molecule is C=C(O[C@H]1/C=C/C(C)[C@@H](/C(C)=C/c2cc(P)c3nnn(CC(CCC)CCC)c3c2)OC(=O)CC(O)CCC1C)N1CCN(C)CC1. The summed E-state index contributed by atoms with van der Waals surface area (Å²) < 4.78 is 14.6. The van der Waals surface area contributed by atoms with E-state index in [0.29, 0.717) is 18.2 Å². The van der Waals surface area contributed by atoms with Gasteiger partial charge < -0.3 is 24.4 Å². The van der Waals surface area contributed by atoms with Crippen LogP contribution in [0.25, 0.3) is 17.1 Å². The third-order valence-electron chi connectivity index (χ3n) is 9.73. The molecule has 260 valence electrons. The van der Waals surface area contributed by atoms with E-state index < -0.39 is 12.2 Å². The fourth-order valence-corrected chi connectivity index (χ4v) is 7.20. The highest BCUT2D eigenvalue weighted by Gasteiger charge is 2.28. The number of esters is 1. The molecule has 6 atom stereocenters. The van der Waals surface area contributed by atoms with Crippen LogP contribution >= 0.6 is 9.24 Å². The van der Waals surface area contributed by atoms with Crippen molar-refractivity contribution < 1.29 is 19.4 Å². The molecule has 0 saturated carbocycles. The van der Waals surface area contributed by atoms with Gasteiger partial charge in [-0.25, -0.2) is 4.68 Å². The van der Waals surface area contributed by atoms with Crippen LogP contribution in [0, 0.1) is 17.8 Å². The molecule has 1 N–H and O–H groups in total. The van der Waals surface area contributed by atoms with E-state index in [9.17, 15) is 9.90 Å². The Bertz CT molecular complexity index is 1390. The number of carbonyl (C=O) groups excluding carboxylic acids is 1. The number of aliphatic hydroxyl groups is 1. The first-order valence-electron chi connectivity index (χ1n) is 17.6. The van der Waals surface area contributed by atoms with E-state index in [2.05, 4.69) is 101 Å². The van der Waals surface area contributed by atoms with E-state index in [0.717, 1.165) is 79.5 Å². The summed E-state index contributed by atoms with van der Waals surface area (Å²) in [4.78, 5) is 17.6. The minimum atomic E-state index is -0.769. The van der Waals surface area contributed by atoms with Crippen molar-refractivity contribution in [3.8, 4) is 0 Å². The fraction of sp³-hybridized carbons (Fsp3) is 0.649. The summed E-state index contributed by atoms with van der Waals surface area (Å²) in [5.41, 5.74) is 3.82. The van der Waals surface area contributed by atoms with E-state index in [1.807, 2.05) is 11.6 Å². The van der Waals surface area contributed by atoms with Crippen LogP contribution in [0.15, 0.2) is 42.3 Å². The highest BCUT2D eigenvalue weighted by Crippen LogP contribution is 2.28. The van der Waals surface area contributed by atoms with E-state index in [4.69, 9.17) is 9.47 Å². The van der Waals surface area contributed by atoms with Gasteiger partial charge in [0.15, 0.2) is 5.88 Å². The van der Waals surface area contributed by atoms with Crippen molar-refractivity contribution in [2.45, 2.75) is 104 Å². The molecule has 9 nitrogen and oxygen atoms in total. The lowest BCUT2D eigenvalue weighted by molar-refractivity contribution is -0.151.